The Labute approximate surface area is 109 Å². The van der Waals surface area contributed by atoms with Crippen LogP contribution in [0, 0.1) is 0 Å². The summed E-state index contributed by atoms with van der Waals surface area (Å²) in [5, 5.41) is 4.40. The zero-order valence-corrected chi connectivity index (χ0v) is 12.4. The molecule has 0 radical (unpaired) electrons. The van der Waals surface area contributed by atoms with Crippen LogP contribution in [0.25, 0.3) is 0 Å². The number of rotatable bonds is 6. The Morgan fingerprint density at radius 3 is 2.59 bits per heavy atom. The second kappa shape index (κ2) is 6.47. The van der Waals surface area contributed by atoms with Crippen LogP contribution >= 0.6 is 11.3 Å². The topological polar surface area (TPSA) is 34.1 Å². The highest BCUT2D eigenvalue weighted by atomic mass is 32.1. The van der Waals surface area contributed by atoms with Crippen molar-refractivity contribution in [1.29, 1.82) is 0 Å². The number of hydrogen-bond acceptors (Lipinski definition) is 4. The van der Waals surface area contributed by atoms with E-state index in [9.17, 15) is 0 Å². The number of thiazole rings is 1. The summed E-state index contributed by atoms with van der Waals surface area (Å²) in [6, 6.07) is 0. The van der Waals surface area contributed by atoms with Gasteiger partial charge in [-0.2, -0.15) is 0 Å². The Bertz CT molecular complexity index is 342. The quantitative estimate of drug-likeness (QED) is 0.795. The zero-order valence-electron chi connectivity index (χ0n) is 11.6. The van der Waals surface area contributed by atoms with Gasteiger partial charge in [0.2, 0.25) is 0 Å². The molecule has 1 aromatic rings. The van der Waals surface area contributed by atoms with Gasteiger partial charge in [-0.05, 0) is 14.0 Å². The van der Waals surface area contributed by atoms with Gasteiger partial charge in [-0.25, -0.2) is 4.98 Å². The molecular formula is C13H24N2OS. The van der Waals surface area contributed by atoms with Crippen LogP contribution in [-0.2, 0) is 23.1 Å². The minimum Gasteiger partial charge on any atom is -0.381 e. The fraction of sp³-hybridized carbons (Fsp3) is 0.769. The molecule has 0 aromatic carbocycles. The van der Waals surface area contributed by atoms with Crippen LogP contribution < -0.4 is 5.32 Å². The minimum atomic E-state index is 0.118. The Morgan fingerprint density at radius 2 is 2.06 bits per heavy atom. The molecule has 0 fully saturated rings. The van der Waals surface area contributed by atoms with Gasteiger partial charge in [-0.15, -0.1) is 11.3 Å². The molecule has 0 saturated heterocycles. The van der Waals surface area contributed by atoms with Crippen LogP contribution in [0.3, 0.4) is 0 Å². The molecule has 1 rings (SSSR count). The van der Waals surface area contributed by atoms with E-state index in [-0.39, 0.29) is 5.41 Å². The maximum atomic E-state index is 5.38. The Morgan fingerprint density at radius 1 is 1.35 bits per heavy atom. The summed E-state index contributed by atoms with van der Waals surface area (Å²) >= 11 is 1.81. The average molecular weight is 256 g/mol. The van der Waals surface area contributed by atoms with Crippen molar-refractivity contribution in [3.8, 4) is 0 Å². The predicted molar refractivity (Wildman–Crippen MR) is 73.8 cm³/mol. The molecule has 4 heteroatoms. The summed E-state index contributed by atoms with van der Waals surface area (Å²) < 4.78 is 5.38. The fourth-order valence-corrected chi connectivity index (χ4v) is 2.95. The number of aromatic nitrogens is 1. The van der Waals surface area contributed by atoms with Gasteiger partial charge < -0.3 is 10.1 Å². The molecule has 3 nitrogen and oxygen atoms in total. The molecule has 1 N–H and O–H groups in total. The third kappa shape index (κ3) is 4.37. The van der Waals surface area contributed by atoms with Crippen molar-refractivity contribution in [3.63, 3.8) is 0 Å². The molecule has 0 spiro atoms. The van der Waals surface area contributed by atoms with Crippen LogP contribution in [0.4, 0.5) is 0 Å². The first-order chi connectivity index (χ1) is 7.99. The van der Waals surface area contributed by atoms with Gasteiger partial charge in [0.1, 0.15) is 0 Å². The molecule has 98 valence electrons. The van der Waals surface area contributed by atoms with E-state index in [1.807, 2.05) is 25.3 Å². The van der Waals surface area contributed by atoms with E-state index < -0.39 is 0 Å². The molecule has 0 bridgehead atoms. The van der Waals surface area contributed by atoms with Crippen LogP contribution in [-0.4, -0.2) is 25.2 Å². The lowest BCUT2D eigenvalue weighted by Gasteiger charge is -2.17. The number of nitrogens with one attached hydrogen (secondary N) is 1. The van der Waals surface area contributed by atoms with Crippen molar-refractivity contribution in [3.05, 3.63) is 15.6 Å². The maximum Gasteiger partial charge on any atom is 0.0954 e. The van der Waals surface area contributed by atoms with E-state index in [1.54, 1.807) is 0 Å². The third-order valence-corrected chi connectivity index (χ3v) is 3.57. The lowest BCUT2D eigenvalue weighted by molar-refractivity contribution is 0.151. The molecule has 0 atom stereocenters. The van der Waals surface area contributed by atoms with Crippen molar-refractivity contribution in [1.82, 2.24) is 10.3 Å². The van der Waals surface area contributed by atoms with Gasteiger partial charge in [0, 0.05) is 29.9 Å². The van der Waals surface area contributed by atoms with Crippen molar-refractivity contribution in [2.24, 2.45) is 0 Å². The molecule has 0 aliphatic carbocycles. The Hall–Kier alpha value is -0.450. The molecule has 0 amide bonds. The molecular weight excluding hydrogens is 232 g/mol. The number of ether oxygens (including phenoxy) is 1. The second-order valence-electron chi connectivity index (χ2n) is 5.11. The van der Waals surface area contributed by atoms with Crippen molar-refractivity contribution in [2.45, 2.75) is 46.1 Å². The van der Waals surface area contributed by atoms with E-state index in [2.05, 4.69) is 26.1 Å². The third-order valence-electron chi connectivity index (χ3n) is 2.45. The van der Waals surface area contributed by atoms with Crippen LogP contribution in [0.2, 0.25) is 0 Å². The minimum absolute atomic E-state index is 0.118. The van der Waals surface area contributed by atoms with E-state index in [0.717, 1.165) is 26.2 Å². The maximum absolute atomic E-state index is 5.38. The van der Waals surface area contributed by atoms with Gasteiger partial charge in [0.15, 0.2) is 0 Å². The van der Waals surface area contributed by atoms with Gasteiger partial charge in [-0.3, -0.25) is 0 Å². The van der Waals surface area contributed by atoms with Gasteiger partial charge in [0.25, 0.3) is 0 Å². The summed E-state index contributed by atoms with van der Waals surface area (Å²) in [5.41, 5.74) is 1.34. The normalized spacial score (nSPS) is 12.1. The molecule has 1 heterocycles. The summed E-state index contributed by atoms with van der Waals surface area (Å²) in [6.07, 6.45) is 0.922. The zero-order chi connectivity index (χ0) is 12.9. The van der Waals surface area contributed by atoms with Crippen molar-refractivity contribution >= 4 is 11.3 Å². The number of nitrogens with zero attached hydrogens (tertiary/aromatic N) is 1. The van der Waals surface area contributed by atoms with Crippen molar-refractivity contribution < 1.29 is 4.74 Å². The monoisotopic (exact) mass is 256 g/mol. The first kappa shape index (κ1) is 14.6. The summed E-state index contributed by atoms with van der Waals surface area (Å²) in [5.74, 6) is 0. The second-order valence-corrected chi connectivity index (χ2v) is 6.27. The first-order valence-corrected chi connectivity index (χ1v) is 7.02. The predicted octanol–water partition coefficient (Wildman–Crippen LogP) is 2.74. The van der Waals surface area contributed by atoms with Crippen LogP contribution in [0.5, 0.6) is 0 Å². The molecule has 1 aromatic heterocycles. The lowest BCUT2D eigenvalue weighted by atomic mass is 9.91. The summed E-state index contributed by atoms with van der Waals surface area (Å²) in [6.45, 7) is 11.1. The summed E-state index contributed by atoms with van der Waals surface area (Å²) in [4.78, 5) is 6.12. The highest BCUT2D eigenvalue weighted by Crippen LogP contribution is 2.29. The van der Waals surface area contributed by atoms with Gasteiger partial charge in [-0.1, -0.05) is 20.8 Å². The molecule has 0 aliphatic heterocycles. The average Bonchev–Trinajstić information content (AvgIpc) is 2.62. The lowest BCUT2D eigenvalue weighted by Crippen LogP contribution is -2.16. The SMILES string of the molecule is CCOCCc1nc(C(C)(C)C)c(CNC)s1. The first-order valence-electron chi connectivity index (χ1n) is 6.20. The number of hydrogen-bond donors (Lipinski definition) is 1. The molecule has 0 unspecified atom stereocenters. The Kier molecular flexibility index (Phi) is 5.56. The largest absolute Gasteiger partial charge is 0.381 e. The van der Waals surface area contributed by atoms with E-state index >= 15 is 0 Å². The van der Waals surface area contributed by atoms with Crippen molar-refractivity contribution in [2.75, 3.05) is 20.3 Å². The fourth-order valence-electron chi connectivity index (χ4n) is 1.68. The molecule has 0 saturated carbocycles. The van der Waals surface area contributed by atoms with E-state index in [4.69, 9.17) is 9.72 Å². The van der Waals surface area contributed by atoms with E-state index in [0.29, 0.717) is 0 Å². The molecule has 0 aliphatic rings. The van der Waals surface area contributed by atoms with Gasteiger partial charge in [0.05, 0.1) is 17.3 Å². The highest BCUT2D eigenvalue weighted by molar-refractivity contribution is 7.11. The van der Waals surface area contributed by atoms with E-state index in [1.165, 1.54) is 15.6 Å². The van der Waals surface area contributed by atoms with Crippen LogP contribution in [0.15, 0.2) is 0 Å². The Balaban J connectivity index is 2.80. The molecule has 17 heavy (non-hydrogen) atoms. The highest BCUT2D eigenvalue weighted by Gasteiger charge is 2.22. The summed E-state index contributed by atoms with van der Waals surface area (Å²) in [7, 11) is 1.98. The smallest absolute Gasteiger partial charge is 0.0954 e. The van der Waals surface area contributed by atoms with Gasteiger partial charge >= 0.3 is 0 Å². The van der Waals surface area contributed by atoms with Crippen LogP contribution in [0.1, 0.15) is 43.3 Å². The standard InChI is InChI=1S/C13H24N2OS/c1-6-16-8-7-11-15-12(13(2,3)4)10(17-11)9-14-5/h14H,6-9H2,1-5H3.